The number of fused-ring (bicyclic) bond motifs is 1. The van der Waals surface area contributed by atoms with Gasteiger partial charge in [0, 0.05) is 5.56 Å². The average Bonchev–Trinajstić information content (AvgIpc) is 3.09. The summed E-state index contributed by atoms with van der Waals surface area (Å²) >= 11 is 1.30. The van der Waals surface area contributed by atoms with Crippen LogP contribution in [0.1, 0.15) is 36.6 Å². The molecule has 7 heteroatoms. The molecule has 0 radical (unpaired) electrons. The number of aromatic nitrogens is 1. The number of hydrogen-bond donors (Lipinski definition) is 0. The van der Waals surface area contributed by atoms with Gasteiger partial charge in [-0.2, -0.15) is 0 Å². The van der Waals surface area contributed by atoms with Gasteiger partial charge in [-0.15, -0.1) is 0 Å². The number of thiazole rings is 1. The van der Waals surface area contributed by atoms with Crippen molar-refractivity contribution in [2.75, 3.05) is 13.7 Å². The summed E-state index contributed by atoms with van der Waals surface area (Å²) in [5.74, 6) is 0.0968. The molecule has 0 N–H and O–H groups in total. The highest BCUT2D eigenvalue weighted by molar-refractivity contribution is 7.07. The predicted molar refractivity (Wildman–Crippen MR) is 125 cm³/mol. The van der Waals surface area contributed by atoms with Gasteiger partial charge in [0.25, 0.3) is 5.56 Å². The Hall–Kier alpha value is -3.45. The molecule has 3 aromatic rings. The van der Waals surface area contributed by atoms with Crippen LogP contribution in [0.2, 0.25) is 0 Å². The third kappa shape index (κ3) is 3.91. The lowest BCUT2D eigenvalue weighted by Crippen LogP contribution is -2.40. The molecular weight excluding hydrogens is 424 g/mol. The number of methoxy groups -OCH3 is 1. The third-order valence-corrected chi connectivity index (χ3v) is 6.31. The lowest BCUT2D eigenvalue weighted by Gasteiger charge is -2.25. The molecule has 1 atom stereocenters. The number of hydrogen-bond acceptors (Lipinski definition) is 6. The third-order valence-electron chi connectivity index (χ3n) is 5.33. The molecule has 0 amide bonds. The molecule has 1 aromatic heterocycles. The SMILES string of the molecule is CCOC(=O)C1=C(C)N=c2sc(=Cc3ccc(C)cc3)c(=O)n2C1c1ccccc1OC. The minimum atomic E-state index is -0.693. The highest BCUT2D eigenvalue weighted by atomic mass is 32.1. The van der Waals surface area contributed by atoms with E-state index in [1.54, 1.807) is 25.5 Å². The molecule has 0 bridgehead atoms. The summed E-state index contributed by atoms with van der Waals surface area (Å²) in [6.45, 7) is 5.77. The molecule has 0 spiro atoms. The first-order valence-electron chi connectivity index (χ1n) is 10.3. The van der Waals surface area contributed by atoms with Crippen LogP contribution in [0.25, 0.3) is 6.08 Å². The van der Waals surface area contributed by atoms with Crippen LogP contribution < -0.4 is 19.6 Å². The molecule has 164 valence electrons. The van der Waals surface area contributed by atoms with Crippen LogP contribution in [0.15, 0.2) is 69.6 Å². The standard InChI is InChI=1S/C25H24N2O4S/c1-5-31-24(29)21-16(3)26-25-27(22(21)18-8-6-7-9-19(18)30-4)23(28)20(32-25)14-17-12-10-15(2)11-13-17/h6-14,22H,5H2,1-4H3. The summed E-state index contributed by atoms with van der Waals surface area (Å²) in [5.41, 5.74) is 3.44. The molecular formula is C25H24N2O4S. The van der Waals surface area contributed by atoms with Crippen LogP contribution in [0.5, 0.6) is 5.75 Å². The Morgan fingerprint density at radius 3 is 2.56 bits per heavy atom. The van der Waals surface area contributed by atoms with Gasteiger partial charge < -0.3 is 9.47 Å². The second-order valence-electron chi connectivity index (χ2n) is 7.45. The minimum Gasteiger partial charge on any atom is -0.496 e. The van der Waals surface area contributed by atoms with Crippen LogP contribution in [-0.4, -0.2) is 24.3 Å². The van der Waals surface area contributed by atoms with Crippen LogP contribution in [0.3, 0.4) is 0 Å². The number of carbonyl (C=O) groups is 1. The number of nitrogens with zero attached hydrogens (tertiary/aromatic N) is 2. The van der Waals surface area contributed by atoms with Gasteiger partial charge >= 0.3 is 5.97 Å². The number of aryl methyl sites for hydroxylation is 1. The molecule has 6 nitrogen and oxygen atoms in total. The van der Waals surface area contributed by atoms with Crippen LogP contribution in [0.4, 0.5) is 0 Å². The van der Waals surface area contributed by atoms with E-state index in [-0.39, 0.29) is 12.2 Å². The van der Waals surface area contributed by atoms with E-state index in [2.05, 4.69) is 4.99 Å². The second-order valence-corrected chi connectivity index (χ2v) is 8.46. The average molecular weight is 449 g/mol. The molecule has 2 heterocycles. The summed E-state index contributed by atoms with van der Waals surface area (Å²) in [7, 11) is 1.57. The Morgan fingerprint density at radius 1 is 1.16 bits per heavy atom. The number of rotatable bonds is 5. The normalized spacial score (nSPS) is 15.9. The van der Waals surface area contributed by atoms with Gasteiger partial charge in [-0.05, 0) is 38.5 Å². The molecule has 4 rings (SSSR count). The quantitative estimate of drug-likeness (QED) is 0.563. The first-order valence-corrected chi connectivity index (χ1v) is 11.2. The first-order chi connectivity index (χ1) is 15.4. The highest BCUT2D eigenvalue weighted by Gasteiger charge is 2.34. The van der Waals surface area contributed by atoms with Gasteiger partial charge in [0.15, 0.2) is 4.80 Å². The smallest absolute Gasteiger partial charge is 0.338 e. The Labute approximate surface area is 189 Å². The first kappa shape index (κ1) is 21.8. The lowest BCUT2D eigenvalue weighted by molar-refractivity contribution is -0.139. The van der Waals surface area contributed by atoms with Crippen LogP contribution >= 0.6 is 11.3 Å². The van der Waals surface area contributed by atoms with Gasteiger partial charge in [0.1, 0.15) is 11.8 Å². The van der Waals surface area contributed by atoms with Crippen LogP contribution in [-0.2, 0) is 9.53 Å². The largest absolute Gasteiger partial charge is 0.496 e. The summed E-state index contributed by atoms with van der Waals surface area (Å²) in [6, 6.07) is 14.6. The molecule has 1 aliphatic rings. The maximum absolute atomic E-state index is 13.6. The number of allylic oxidation sites excluding steroid dienone is 1. The maximum Gasteiger partial charge on any atom is 0.338 e. The fraction of sp³-hybridized carbons (Fsp3) is 0.240. The number of ether oxygens (including phenoxy) is 2. The van der Waals surface area contributed by atoms with Gasteiger partial charge in [0.05, 0.1) is 29.5 Å². The molecule has 0 fully saturated rings. The highest BCUT2D eigenvalue weighted by Crippen LogP contribution is 2.35. The Bertz CT molecular complexity index is 1380. The molecule has 0 saturated heterocycles. The van der Waals surface area contributed by atoms with Crippen molar-refractivity contribution in [3.8, 4) is 5.75 Å². The fourth-order valence-electron chi connectivity index (χ4n) is 3.79. The number of carbonyl (C=O) groups excluding carboxylic acids is 1. The van der Waals surface area contributed by atoms with E-state index in [4.69, 9.17) is 9.47 Å². The molecule has 1 unspecified atom stereocenters. The van der Waals surface area contributed by atoms with E-state index in [1.165, 1.54) is 11.3 Å². The molecule has 0 saturated carbocycles. The van der Waals surface area contributed by atoms with Gasteiger partial charge in [0.2, 0.25) is 0 Å². The zero-order valence-corrected chi connectivity index (χ0v) is 19.2. The molecule has 1 aliphatic heterocycles. The molecule has 2 aromatic carbocycles. The number of benzene rings is 2. The van der Waals surface area contributed by atoms with E-state index >= 15 is 0 Å². The zero-order chi connectivity index (χ0) is 22.8. The monoisotopic (exact) mass is 448 g/mol. The summed E-state index contributed by atoms with van der Waals surface area (Å²) in [6.07, 6.45) is 1.85. The van der Waals surface area contributed by atoms with E-state index < -0.39 is 12.0 Å². The Balaban J connectivity index is 1.98. The van der Waals surface area contributed by atoms with Gasteiger partial charge in [-0.3, -0.25) is 9.36 Å². The summed E-state index contributed by atoms with van der Waals surface area (Å²) < 4.78 is 13.0. The Kier molecular flexibility index (Phi) is 6.10. The molecule has 0 aliphatic carbocycles. The van der Waals surface area contributed by atoms with E-state index in [1.807, 2.05) is 61.5 Å². The van der Waals surface area contributed by atoms with Crippen molar-refractivity contribution in [1.29, 1.82) is 0 Å². The minimum absolute atomic E-state index is 0.209. The number of esters is 1. The van der Waals surface area contributed by atoms with Crippen molar-refractivity contribution in [3.63, 3.8) is 0 Å². The topological polar surface area (TPSA) is 69.9 Å². The summed E-state index contributed by atoms with van der Waals surface area (Å²) in [4.78, 5) is 31.6. The van der Waals surface area contributed by atoms with Crippen molar-refractivity contribution in [2.24, 2.45) is 4.99 Å². The van der Waals surface area contributed by atoms with Crippen molar-refractivity contribution < 1.29 is 14.3 Å². The number of para-hydroxylation sites is 1. The van der Waals surface area contributed by atoms with E-state index in [9.17, 15) is 9.59 Å². The summed E-state index contributed by atoms with van der Waals surface area (Å²) in [5, 5.41) is 0. The van der Waals surface area contributed by atoms with Crippen LogP contribution in [0, 0.1) is 6.92 Å². The van der Waals surface area contributed by atoms with E-state index in [0.29, 0.717) is 31.9 Å². The lowest BCUT2D eigenvalue weighted by atomic mass is 9.95. The van der Waals surface area contributed by atoms with Crippen molar-refractivity contribution in [3.05, 3.63) is 96.2 Å². The van der Waals surface area contributed by atoms with Gasteiger partial charge in [-0.25, -0.2) is 9.79 Å². The zero-order valence-electron chi connectivity index (χ0n) is 18.4. The Morgan fingerprint density at radius 2 is 1.88 bits per heavy atom. The van der Waals surface area contributed by atoms with Gasteiger partial charge in [-0.1, -0.05) is 59.4 Å². The maximum atomic E-state index is 13.6. The molecule has 32 heavy (non-hydrogen) atoms. The van der Waals surface area contributed by atoms with Crippen molar-refractivity contribution in [1.82, 2.24) is 4.57 Å². The van der Waals surface area contributed by atoms with E-state index in [0.717, 1.165) is 11.1 Å². The predicted octanol–water partition coefficient (Wildman–Crippen LogP) is 3.12. The second kappa shape index (κ2) is 8.96. The van der Waals surface area contributed by atoms with Crippen molar-refractivity contribution >= 4 is 23.4 Å². The fourth-order valence-corrected chi connectivity index (χ4v) is 4.84. The van der Waals surface area contributed by atoms with Crippen molar-refractivity contribution in [2.45, 2.75) is 26.8 Å².